The fraction of sp³-hybridized carbons (Fsp3) is 0.500. The lowest BCUT2D eigenvalue weighted by atomic mass is 9.96. The molecule has 6 atom stereocenters. The Balaban J connectivity index is 1.93. The molecule has 1 aliphatic heterocycles. The molecule has 1 saturated heterocycles. The Morgan fingerprint density at radius 2 is 1.97 bits per heavy atom. The number of nitrogens with one attached hydrogen (secondary N) is 2. The number of hydrogen-bond acceptors (Lipinski definition) is 10. The number of benzene rings is 1. The molecular weight excluding hydrogens is 497 g/mol. The van der Waals surface area contributed by atoms with Gasteiger partial charge < -0.3 is 24.2 Å². The van der Waals surface area contributed by atoms with Crippen LogP contribution in [0.1, 0.15) is 36.7 Å². The molecule has 1 fully saturated rings. The summed E-state index contributed by atoms with van der Waals surface area (Å²) in [6.07, 6.45) is -5.21. The summed E-state index contributed by atoms with van der Waals surface area (Å²) < 4.78 is 52.7. The molecule has 1 aromatic heterocycles. The SMILES string of the molecule is [2H]C([2H])(O[P@@](=O)(N[C@@H](C)C(=O)OC(C)C)Oc1ccccc1)[C@H]1O[C@@H](n2ccc(=O)[nH]c2=O)[C@](C)(O)[C@@H]1O. The zero-order valence-corrected chi connectivity index (χ0v) is 20.9. The molecule has 0 bridgehead atoms. The van der Waals surface area contributed by atoms with Crippen molar-refractivity contribution in [3.63, 3.8) is 0 Å². The Labute approximate surface area is 209 Å². The summed E-state index contributed by atoms with van der Waals surface area (Å²) in [5.41, 5.74) is -3.99. The molecule has 198 valence electrons. The number of hydrogen-bond donors (Lipinski definition) is 4. The topological polar surface area (TPSA) is 178 Å². The molecular formula is C22H30N3O10P. The van der Waals surface area contributed by atoms with Crippen molar-refractivity contribution in [2.75, 3.05) is 6.56 Å². The van der Waals surface area contributed by atoms with Crippen LogP contribution in [0.5, 0.6) is 5.75 Å². The summed E-state index contributed by atoms with van der Waals surface area (Å²) >= 11 is 0. The van der Waals surface area contributed by atoms with E-state index in [0.29, 0.717) is 0 Å². The number of esters is 1. The van der Waals surface area contributed by atoms with Gasteiger partial charge in [0, 0.05) is 12.3 Å². The average Bonchev–Trinajstić information content (AvgIpc) is 3.03. The van der Waals surface area contributed by atoms with Crippen LogP contribution in [0, 0.1) is 0 Å². The van der Waals surface area contributed by atoms with Gasteiger partial charge >= 0.3 is 19.4 Å². The molecule has 0 radical (unpaired) electrons. The van der Waals surface area contributed by atoms with Crippen LogP contribution in [0.25, 0.3) is 0 Å². The number of carbonyl (C=O) groups excluding carboxylic acids is 1. The van der Waals surface area contributed by atoms with Crippen molar-refractivity contribution in [1.82, 2.24) is 14.6 Å². The van der Waals surface area contributed by atoms with Gasteiger partial charge in [0.15, 0.2) is 6.23 Å². The smallest absolute Gasteiger partial charge is 0.459 e. The number of para-hydroxylation sites is 1. The van der Waals surface area contributed by atoms with Gasteiger partial charge in [0.2, 0.25) is 0 Å². The van der Waals surface area contributed by atoms with E-state index in [-0.39, 0.29) is 5.75 Å². The molecule has 13 nitrogen and oxygen atoms in total. The average molecular weight is 529 g/mol. The lowest BCUT2D eigenvalue weighted by Crippen LogP contribution is -2.47. The highest BCUT2D eigenvalue weighted by atomic mass is 31.2. The van der Waals surface area contributed by atoms with Gasteiger partial charge in [0.25, 0.3) is 5.56 Å². The predicted octanol–water partition coefficient (Wildman–Crippen LogP) is 0.679. The van der Waals surface area contributed by atoms with Crippen LogP contribution >= 0.6 is 7.75 Å². The fourth-order valence-corrected chi connectivity index (χ4v) is 4.66. The summed E-state index contributed by atoms with van der Waals surface area (Å²) in [7, 11) is -4.76. The highest BCUT2D eigenvalue weighted by Crippen LogP contribution is 2.46. The van der Waals surface area contributed by atoms with Gasteiger partial charge in [-0.3, -0.25) is 23.7 Å². The highest BCUT2D eigenvalue weighted by molar-refractivity contribution is 7.52. The number of ether oxygens (including phenoxy) is 2. The molecule has 0 amide bonds. The van der Waals surface area contributed by atoms with E-state index >= 15 is 0 Å². The van der Waals surface area contributed by atoms with Crippen molar-refractivity contribution >= 4 is 13.7 Å². The van der Waals surface area contributed by atoms with Gasteiger partial charge in [0.05, 0.1) is 15.4 Å². The zero-order chi connectivity index (χ0) is 28.5. The van der Waals surface area contributed by atoms with E-state index < -0.39 is 67.7 Å². The summed E-state index contributed by atoms with van der Waals surface area (Å²) in [6, 6.07) is 7.26. The molecule has 0 aliphatic carbocycles. The van der Waals surface area contributed by atoms with Crippen LogP contribution in [0.2, 0.25) is 0 Å². The number of H-pyrrole nitrogens is 1. The van der Waals surface area contributed by atoms with Crippen LogP contribution in [-0.4, -0.2) is 62.2 Å². The lowest BCUT2D eigenvalue weighted by molar-refractivity contribution is -0.149. The molecule has 2 aromatic rings. The summed E-state index contributed by atoms with van der Waals surface area (Å²) in [5, 5.41) is 24.0. The van der Waals surface area contributed by atoms with Gasteiger partial charge in [-0.15, -0.1) is 0 Å². The number of aliphatic hydroxyl groups is 2. The van der Waals surface area contributed by atoms with Crippen molar-refractivity contribution in [2.45, 2.75) is 63.9 Å². The molecule has 0 saturated carbocycles. The Morgan fingerprint density at radius 3 is 2.58 bits per heavy atom. The Morgan fingerprint density at radius 1 is 1.31 bits per heavy atom. The molecule has 1 aliphatic rings. The molecule has 14 heteroatoms. The maximum atomic E-state index is 13.8. The van der Waals surface area contributed by atoms with Crippen LogP contribution in [0.15, 0.2) is 52.2 Å². The monoisotopic (exact) mass is 529 g/mol. The van der Waals surface area contributed by atoms with Crippen LogP contribution < -0.4 is 20.9 Å². The molecule has 0 spiro atoms. The number of rotatable bonds is 10. The Bertz CT molecular complexity index is 1300. The molecule has 4 N–H and O–H groups in total. The van der Waals surface area contributed by atoms with E-state index in [0.717, 1.165) is 23.8 Å². The molecule has 3 rings (SSSR count). The van der Waals surface area contributed by atoms with Gasteiger partial charge in [-0.05, 0) is 39.8 Å². The van der Waals surface area contributed by atoms with Gasteiger partial charge in [0.1, 0.15) is 29.6 Å². The third-order valence-electron chi connectivity index (χ3n) is 5.08. The quantitative estimate of drug-likeness (QED) is 0.251. The minimum Gasteiger partial charge on any atom is -0.462 e. The molecule has 1 aromatic carbocycles. The first-order valence-electron chi connectivity index (χ1n) is 12.0. The maximum absolute atomic E-state index is 13.8. The summed E-state index contributed by atoms with van der Waals surface area (Å²) in [6.45, 7) is 2.46. The first-order chi connectivity index (χ1) is 17.6. The number of aromatic amines is 1. The molecule has 2 heterocycles. The van der Waals surface area contributed by atoms with Crippen molar-refractivity contribution in [2.24, 2.45) is 0 Å². The standard InChI is InChI=1S/C22H30N3O10P/c1-13(2)33-19(28)14(3)24-36(31,35-15-8-6-5-7-9-15)32-12-16-18(27)22(4,30)20(34-16)25-11-10-17(26)23-21(25)29/h5-11,13-14,16,18,20,27,30H,12H2,1-4H3,(H,24,31)(H,23,26,29)/t14-,16+,18+,20+,22+,36-/m0/s1/i12D2. The second-order valence-electron chi connectivity index (χ2n) is 8.54. The van der Waals surface area contributed by atoms with Crippen molar-refractivity contribution in [3.8, 4) is 5.75 Å². The van der Waals surface area contributed by atoms with Crippen molar-refractivity contribution < 1.29 is 40.8 Å². The van der Waals surface area contributed by atoms with E-state index in [1.54, 1.807) is 32.0 Å². The van der Waals surface area contributed by atoms with Crippen LogP contribution in [-0.2, 0) is 23.4 Å². The second kappa shape index (κ2) is 11.1. The normalized spacial score (nSPS) is 27.6. The van der Waals surface area contributed by atoms with E-state index in [1.807, 2.05) is 4.98 Å². The predicted molar refractivity (Wildman–Crippen MR) is 126 cm³/mol. The van der Waals surface area contributed by atoms with Crippen molar-refractivity contribution in [3.05, 3.63) is 63.4 Å². The van der Waals surface area contributed by atoms with Crippen LogP contribution in [0.3, 0.4) is 0 Å². The van der Waals surface area contributed by atoms with E-state index in [9.17, 15) is 29.2 Å². The first kappa shape index (κ1) is 24.9. The summed E-state index contributed by atoms with van der Waals surface area (Å²) in [5.74, 6) is -0.820. The minimum absolute atomic E-state index is 0.00103. The fourth-order valence-electron chi connectivity index (χ4n) is 3.29. The maximum Gasteiger partial charge on any atom is 0.459 e. The zero-order valence-electron chi connectivity index (χ0n) is 22.0. The Kier molecular flexibility index (Phi) is 7.65. The Hall–Kier alpha value is -2.80. The minimum atomic E-state index is -4.76. The van der Waals surface area contributed by atoms with Crippen molar-refractivity contribution in [1.29, 1.82) is 0 Å². The molecule has 0 unspecified atom stereocenters. The highest BCUT2D eigenvalue weighted by Gasteiger charge is 2.54. The molecule has 36 heavy (non-hydrogen) atoms. The van der Waals surface area contributed by atoms with Crippen LogP contribution in [0.4, 0.5) is 0 Å². The van der Waals surface area contributed by atoms with Gasteiger partial charge in [-0.2, -0.15) is 5.09 Å². The third kappa shape index (κ3) is 6.49. The van der Waals surface area contributed by atoms with E-state index in [2.05, 4.69) is 5.09 Å². The lowest BCUT2D eigenvalue weighted by Gasteiger charge is -2.27. The second-order valence-corrected chi connectivity index (χ2v) is 10.2. The first-order valence-corrected chi connectivity index (χ1v) is 12.5. The largest absolute Gasteiger partial charge is 0.462 e. The number of aliphatic hydroxyl groups excluding tert-OH is 1. The number of nitrogens with zero attached hydrogens (tertiary/aromatic N) is 1. The van der Waals surface area contributed by atoms with E-state index in [1.165, 1.54) is 19.1 Å². The van der Waals surface area contributed by atoms with E-state index in [4.69, 9.17) is 21.3 Å². The van der Waals surface area contributed by atoms with Gasteiger partial charge in [-0.1, -0.05) is 18.2 Å². The number of carbonyl (C=O) groups is 1. The third-order valence-corrected chi connectivity index (χ3v) is 6.58. The number of aromatic nitrogens is 2. The van der Waals surface area contributed by atoms with Gasteiger partial charge in [-0.25, -0.2) is 9.36 Å². The summed E-state index contributed by atoms with van der Waals surface area (Å²) in [4.78, 5) is 38.0.